The summed E-state index contributed by atoms with van der Waals surface area (Å²) in [7, 11) is 2.16. The maximum atomic E-state index is 12.4. The molecule has 2 heterocycles. The molecule has 1 aromatic heterocycles. The number of rotatable bonds is 6. The van der Waals surface area contributed by atoms with E-state index >= 15 is 0 Å². The van der Waals surface area contributed by atoms with Crippen molar-refractivity contribution in [3.05, 3.63) is 70.5 Å². The fourth-order valence-corrected chi connectivity index (χ4v) is 4.02. The Morgan fingerprint density at radius 3 is 2.39 bits per heavy atom. The number of likely N-dealkylation sites (N-methyl/N-ethyl adjacent to an activating group) is 1. The Bertz CT molecular complexity index is 1100. The quantitative estimate of drug-likeness (QED) is 0.459. The molecule has 2 aromatic carbocycles. The molecule has 1 saturated heterocycles. The van der Waals surface area contributed by atoms with Crippen LogP contribution in [0.1, 0.15) is 5.56 Å². The Kier molecular flexibility index (Phi) is 7.61. The lowest BCUT2D eigenvalue weighted by Gasteiger charge is -2.32. The van der Waals surface area contributed by atoms with Gasteiger partial charge in [-0.2, -0.15) is 0 Å². The molecule has 1 aliphatic heterocycles. The molecule has 4 rings (SSSR count). The summed E-state index contributed by atoms with van der Waals surface area (Å²) in [6.45, 7) is 5.22. The van der Waals surface area contributed by atoms with E-state index in [0.717, 1.165) is 38.4 Å². The summed E-state index contributed by atoms with van der Waals surface area (Å²) >= 11 is 12.2. The second-order valence-electron chi connectivity index (χ2n) is 7.87. The van der Waals surface area contributed by atoms with Crippen LogP contribution in [0.2, 0.25) is 10.0 Å². The van der Waals surface area contributed by atoms with E-state index in [4.69, 9.17) is 23.2 Å². The van der Waals surface area contributed by atoms with Gasteiger partial charge in [-0.1, -0.05) is 41.4 Å². The first kappa shape index (κ1) is 23.3. The van der Waals surface area contributed by atoms with Crippen molar-refractivity contribution in [2.75, 3.05) is 49.2 Å². The van der Waals surface area contributed by atoms with Crippen molar-refractivity contribution in [3.63, 3.8) is 0 Å². The van der Waals surface area contributed by atoms with Gasteiger partial charge in [0.05, 0.1) is 15.7 Å². The predicted molar refractivity (Wildman–Crippen MR) is 134 cm³/mol. The number of hydrogen-bond donors (Lipinski definition) is 3. The molecule has 1 aliphatic rings. The summed E-state index contributed by atoms with van der Waals surface area (Å²) in [6.07, 6.45) is 1.38. The average Bonchev–Trinajstić information content (AvgIpc) is 2.78. The summed E-state index contributed by atoms with van der Waals surface area (Å²) in [5, 5.41) is 9.28. The summed E-state index contributed by atoms with van der Waals surface area (Å²) in [5.41, 5.74) is 2.48. The maximum absolute atomic E-state index is 12.4. The number of carbonyl (C=O) groups excluding carboxylic acids is 1. The van der Waals surface area contributed by atoms with E-state index in [1.165, 1.54) is 11.9 Å². The third kappa shape index (κ3) is 6.55. The first-order chi connectivity index (χ1) is 16.0. The number of hydrogen-bond acceptors (Lipinski definition) is 6. The van der Waals surface area contributed by atoms with Crippen molar-refractivity contribution in [1.82, 2.24) is 19.8 Å². The van der Waals surface area contributed by atoms with Gasteiger partial charge in [-0.25, -0.2) is 14.8 Å². The van der Waals surface area contributed by atoms with E-state index in [1.807, 2.05) is 12.1 Å². The predicted octanol–water partition coefficient (Wildman–Crippen LogP) is 4.92. The van der Waals surface area contributed by atoms with E-state index in [0.29, 0.717) is 27.4 Å². The van der Waals surface area contributed by atoms with Crippen LogP contribution in [0.5, 0.6) is 0 Å². The number of benzene rings is 2. The van der Waals surface area contributed by atoms with Crippen molar-refractivity contribution >= 4 is 52.2 Å². The monoisotopic (exact) mass is 485 g/mol. The van der Waals surface area contributed by atoms with Gasteiger partial charge in [0, 0.05) is 44.5 Å². The highest BCUT2D eigenvalue weighted by atomic mass is 35.5. The minimum Gasteiger partial charge on any atom is -0.340 e. The SMILES string of the molecule is CN1CCN(Cc2cccc(Nc3cc(NC(=O)Nc4c(Cl)cccc4Cl)ncn3)c2)CC1. The lowest BCUT2D eigenvalue weighted by atomic mass is 10.1. The number of halogens is 2. The Morgan fingerprint density at radius 1 is 0.939 bits per heavy atom. The maximum Gasteiger partial charge on any atom is 0.324 e. The van der Waals surface area contributed by atoms with E-state index in [2.05, 4.69) is 54.9 Å². The van der Waals surface area contributed by atoms with Gasteiger partial charge < -0.3 is 15.5 Å². The largest absolute Gasteiger partial charge is 0.340 e. The van der Waals surface area contributed by atoms with Crippen molar-refractivity contribution in [3.8, 4) is 0 Å². The molecule has 0 spiro atoms. The highest BCUT2D eigenvalue weighted by Crippen LogP contribution is 2.30. The van der Waals surface area contributed by atoms with Crippen molar-refractivity contribution in [2.45, 2.75) is 6.54 Å². The van der Waals surface area contributed by atoms with Crippen molar-refractivity contribution < 1.29 is 4.79 Å². The van der Waals surface area contributed by atoms with Gasteiger partial charge in [-0.05, 0) is 36.9 Å². The highest BCUT2D eigenvalue weighted by molar-refractivity contribution is 6.39. The van der Waals surface area contributed by atoms with Crippen molar-refractivity contribution in [2.24, 2.45) is 0 Å². The molecule has 8 nitrogen and oxygen atoms in total. The molecule has 2 amide bonds. The smallest absolute Gasteiger partial charge is 0.324 e. The molecule has 3 N–H and O–H groups in total. The van der Waals surface area contributed by atoms with Crippen LogP contribution in [0.25, 0.3) is 0 Å². The molecule has 3 aromatic rings. The molecule has 0 radical (unpaired) electrons. The van der Waals surface area contributed by atoms with Gasteiger partial charge in [0.15, 0.2) is 0 Å². The lowest BCUT2D eigenvalue weighted by molar-refractivity contribution is 0.148. The van der Waals surface area contributed by atoms with Crippen LogP contribution in [0.15, 0.2) is 54.9 Å². The van der Waals surface area contributed by atoms with Crippen LogP contribution in [0.4, 0.5) is 27.8 Å². The number of anilines is 4. The average molecular weight is 486 g/mol. The Morgan fingerprint density at radius 2 is 1.64 bits per heavy atom. The summed E-state index contributed by atoms with van der Waals surface area (Å²) in [5.74, 6) is 0.898. The summed E-state index contributed by atoms with van der Waals surface area (Å²) in [4.78, 5) is 25.5. The van der Waals surface area contributed by atoms with Gasteiger partial charge in [0.25, 0.3) is 0 Å². The number of amides is 2. The fraction of sp³-hybridized carbons (Fsp3) is 0.261. The van der Waals surface area contributed by atoms with Crippen LogP contribution >= 0.6 is 23.2 Å². The van der Waals surface area contributed by atoms with Gasteiger partial charge >= 0.3 is 6.03 Å². The standard InChI is InChI=1S/C23H25Cl2N7O/c1-31-8-10-32(11-9-31)14-16-4-2-5-17(12-16)28-20-13-21(27-15-26-20)29-23(33)30-22-18(24)6-3-7-19(22)25/h2-7,12-13,15H,8-11,14H2,1H3,(H3,26,27,28,29,30,33). The molecule has 0 aliphatic carbocycles. The van der Waals surface area contributed by atoms with Gasteiger partial charge in [-0.3, -0.25) is 10.2 Å². The first-order valence-electron chi connectivity index (χ1n) is 10.6. The molecule has 0 bridgehead atoms. The molecule has 10 heteroatoms. The third-order valence-electron chi connectivity index (χ3n) is 5.31. The molecular weight excluding hydrogens is 461 g/mol. The molecule has 1 fully saturated rings. The number of urea groups is 1. The second kappa shape index (κ2) is 10.8. The number of nitrogens with one attached hydrogen (secondary N) is 3. The first-order valence-corrected chi connectivity index (χ1v) is 11.3. The molecule has 0 unspecified atom stereocenters. The molecule has 0 saturated carbocycles. The van der Waals surface area contributed by atoms with Gasteiger partial charge in [0.1, 0.15) is 18.0 Å². The number of piperazine rings is 1. The van der Waals surface area contributed by atoms with E-state index in [9.17, 15) is 4.79 Å². The highest BCUT2D eigenvalue weighted by Gasteiger charge is 2.14. The number of aromatic nitrogens is 2. The summed E-state index contributed by atoms with van der Waals surface area (Å²) in [6, 6.07) is 14.4. The Hall–Kier alpha value is -2.91. The molecule has 172 valence electrons. The molecular formula is C23H25Cl2N7O. The second-order valence-corrected chi connectivity index (χ2v) is 8.68. The number of nitrogens with zero attached hydrogens (tertiary/aromatic N) is 4. The lowest BCUT2D eigenvalue weighted by Crippen LogP contribution is -2.43. The van der Waals surface area contributed by atoms with E-state index < -0.39 is 6.03 Å². The minimum atomic E-state index is -0.510. The van der Waals surface area contributed by atoms with Crippen LogP contribution in [-0.2, 0) is 6.54 Å². The third-order valence-corrected chi connectivity index (χ3v) is 5.94. The van der Waals surface area contributed by atoms with Gasteiger partial charge in [-0.15, -0.1) is 0 Å². The van der Waals surface area contributed by atoms with E-state index in [-0.39, 0.29) is 0 Å². The van der Waals surface area contributed by atoms with Crippen LogP contribution in [0, 0.1) is 0 Å². The van der Waals surface area contributed by atoms with Crippen LogP contribution < -0.4 is 16.0 Å². The van der Waals surface area contributed by atoms with Crippen LogP contribution in [0.3, 0.4) is 0 Å². The fourth-order valence-electron chi connectivity index (χ4n) is 3.53. The Labute approximate surface area is 202 Å². The van der Waals surface area contributed by atoms with Crippen LogP contribution in [-0.4, -0.2) is 59.0 Å². The zero-order valence-corrected chi connectivity index (χ0v) is 19.7. The molecule has 33 heavy (non-hydrogen) atoms. The zero-order valence-electron chi connectivity index (χ0n) is 18.2. The summed E-state index contributed by atoms with van der Waals surface area (Å²) < 4.78 is 0. The normalized spacial score (nSPS) is 14.6. The topological polar surface area (TPSA) is 85.4 Å². The minimum absolute atomic E-state index is 0.335. The number of para-hydroxylation sites is 1. The zero-order chi connectivity index (χ0) is 23.2. The van der Waals surface area contributed by atoms with Crippen molar-refractivity contribution in [1.29, 1.82) is 0 Å². The van der Waals surface area contributed by atoms with Gasteiger partial charge in [0.2, 0.25) is 0 Å². The Balaban J connectivity index is 1.37. The number of carbonyl (C=O) groups is 1. The molecule has 0 atom stereocenters. The van der Waals surface area contributed by atoms with E-state index in [1.54, 1.807) is 24.3 Å².